The quantitative estimate of drug-likeness (QED) is 0.865. The predicted octanol–water partition coefficient (Wildman–Crippen LogP) is 1.52. The molecule has 1 atom stereocenters. The molecule has 1 aromatic rings. The average Bonchev–Trinajstić information content (AvgIpc) is 2.98. The van der Waals surface area contributed by atoms with Gasteiger partial charge in [-0.3, -0.25) is 0 Å². The van der Waals surface area contributed by atoms with Gasteiger partial charge in [0.25, 0.3) is 0 Å². The lowest BCUT2D eigenvalue weighted by atomic mass is 10.1. The van der Waals surface area contributed by atoms with Crippen LogP contribution >= 0.6 is 0 Å². The summed E-state index contributed by atoms with van der Waals surface area (Å²) in [5, 5.41) is 3.36. The number of para-hydroxylation sites is 1. The van der Waals surface area contributed by atoms with Crippen LogP contribution in [0.1, 0.15) is 19.8 Å². The van der Waals surface area contributed by atoms with Gasteiger partial charge in [0, 0.05) is 33.2 Å². The van der Waals surface area contributed by atoms with Crippen LogP contribution in [0.15, 0.2) is 29.2 Å². The number of nitrogens with one attached hydrogen (secondary N) is 1. The lowest BCUT2D eigenvalue weighted by Gasteiger charge is -2.32. The second-order valence-corrected chi connectivity index (χ2v) is 7.72. The Bertz CT molecular complexity index is 566. The van der Waals surface area contributed by atoms with Gasteiger partial charge in [0.05, 0.1) is 5.69 Å². The zero-order chi connectivity index (χ0) is 15.5. The highest BCUT2D eigenvalue weighted by molar-refractivity contribution is 7.89. The summed E-state index contributed by atoms with van der Waals surface area (Å²) in [6.45, 7) is 4.90. The van der Waals surface area contributed by atoms with Crippen molar-refractivity contribution < 1.29 is 8.42 Å². The Hall–Kier alpha value is -1.11. The molecule has 5 nitrogen and oxygen atoms in total. The van der Waals surface area contributed by atoms with Crippen LogP contribution < -0.4 is 10.2 Å². The van der Waals surface area contributed by atoms with E-state index in [-0.39, 0.29) is 0 Å². The average molecular weight is 311 g/mol. The molecular formula is C15H25N3O2S. The van der Waals surface area contributed by atoms with Crippen LogP contribution in [-0.2, 0) is 10.0 Å². The van der Waals surface area contributed by atoms with E-state index >= 15 is 0 Å². The molecule has 0 aliphatic carbocycles. The molecule has 1 fully saturated rings. The van der Waals surface area contributed by atoms with Crippen LogP contribution in [0.25, 0.3) is 0 Å². The summed E-state index contributed by atoms with van der Waals surface area (Å²) in [6.07, 6.45) is 2.04. The van der Waals surface area contributed by atoms with Crippen molar-refractivity contribution in [3.63, 3.8) is 0 Å². The van der Waals surface area contributed by atoms with Gasteiger partial charge in [-0.05, 0) is 31.5 Å². The highest BCUT2D eigenvalue weighted by Gasteiger charge is 2.28. The van der Waals surface area contributed by atoms with Crippen molar-refractivity contribution >= 4 is 15.7 Å². The number of rotatable bonds is 6. The number of anilines is 1. The first-order chi connectivity index (χ1) is 9.98. The first-order valence-electron chi connectivity index (χ1n) is 7.47. The fraction of sp³-hybridized carbons (Fsp3) is 0.600. The van der Waals surface area contributed by atoms with Crippen LogP contribution in [0.4, 0.5) is 5.69 Å². The van der Waals surface area contributed by atoms with Crippen molar-refractivity contribution in [3.8, 4) is 0 Å². The fourth-order valence-electron chi connectivity index (χ4n) is 2.76. The summed E-state index contributed by atoms with van der Waals surface area (Å²) >= 11 is 0. The van der Waals surface area contributed by atoms with Crippen molar-refractivity contribution in [1.29, 1.82) is 0 Å². The Morgan fingerprint density at radius 3 is 2.57 bits per heavy atom. The number of benzene rings is 1. The molecule has 1 aliphatic rings. The van der Waals surface area contributed by atoms with Gasteiger partial charge in [0.15, 0.2) is 0 Å². The molecule has 0 amide bonds. The molecule has 0 bridgehead atoms. The monoisotopic (exact) mass is 311 g/mol. The van der Waals surface area contributed by atoms with Crippen LogP contribution in [-0.4, -0.2) is 52.5 Å². The van der Waals surface area contributed by atoms with E-state index < -0.39 is 10.0 Å². The van der Waals surface area contributed by atoms with Gasteiger partial charge >= 0.3 is 0 Å². The lowest BCUT2D eigenvalue weighted by molar-refractivity contribution is 0.519. The third kappa shape index (κ3) is 3.39. The number of hydrogen-bond donors (Lipinski definition) is 1. The van der Waals surface area contributed by atoms with Crippen molar-refractivity contribution in [2.24, 2.45) is 0 Å². The smallest absolute Gasteiger partial charge is 0.244 e. The van der Waals surface area contributed by atoms with Gasteiger partial charge in [0.2, 0.25) is 10.0 Å². The Morgan fingerprint density at radius 1 is 1.29 bits per heavy atom. The maximum absolute atomic E-state index is 12.6. The minimum atomic E-state index is -3.43. The van der Waals surface area contributed by atoms with E-state index in [1.165, 1.54) is 4.31 Å². The minimum absolute atomic E-state index is 0.364. The molecule has 1 saturated heterocycles. The highest BCUT2D eigenvalue weighted by Crippen LogP contribution is 2.29. The van der Waals surface area contributed by atoms with Gasteiger partial charge < -0.3 is 10.2 Å². The van der Waals surface area contributed by atoms with E-state index in [0.717, 1.165) is 38.2 Å². The van der Waals surface area contributed by atoms with Crippen molar-refractivity contribution in [2.75, 3.05) is 38.6 Å². The van der Waals surface area contributed by atoms with Crippen LogP contribution in [0.2, 0.25) is 0 Å². The van der Waals surface area contributed by atoms with Crippen molar-refractivity contribution in [3.05, 3.63) is 24.3 Å². The van der Waals surface area contributed by atoms with E-state index in [1.54, 1.807) is 26.2 Å². The van der Waals surface area contributed by atoms with Gasteiger partial charge in [-0.15, -0.1) is 0 Å². The van der Waals surface area contributed by atoms with Crippen LogP contribution in [0.3, 0.4) is 0 Å². The van der Waals surface area contributed by atoms with E-state index in [0.29, 0.717) is 10.9 Å². The lowest BCUT2D eigenvalue weighted by Crippen LogP contribution is -2.39. The summed E-state index contributed by atoms with van der Waals surface area (Å²) < 4.78 is 26.4. The van der Waals surface area contributed by atoms with E-state index in [4.69, 9.17) is 0 Å². The molecule has 1 aliphatic heterocycles. The number of nitrogens with zero attached hydrogens (tertiary/aromatic N) is 2. The van der Waals surface area contributed by atoms with E-state index in [1.807, 2.05) is 12.1 Å². The third-order valence-corrected chi connectivity index (χ3v) is 5.74. The Balaban J connectivity index is 2.46. The maximum atomic E-state index is 12.6. The number of sulfonamides is 1. The van der Waals surface area contributed by atoms with Gasteiger partial charge in [0.1, 0.15) is 4.90 Å². The van der Waals surface area contributed by atoms with E-state index in [9.17, 15) is 8.42 Å². The Morgan fingerprint density at radius 2 is 2.00 bits per heavy atom. The minimum Gasteiger partial charge on any atom is -0.366 e. The first kappa shape index (κ1) is 16.3. The predicted molar refractivity (Wildman–Crippen MR) is 86.2 cm³/mol. The summed E-state index contributed by atoms with van der Waals surface area (Å²) in [4.78, 5) is 2.64. The van der Waals surface area contributed by atoms with Crippen LogP contribution in [0, 0.1) is 0 Å². The summed E-state index contributed by atoms with van der Waals surface area (Å²) in [6, 6.07) is 7.69. The molecule has 1 aromatic carbocycles. The summed E-state index contributed by atoms with van der Waals surface area (Å²) in [7, 11) is -0.276. The maximum Gasteiger partial charge on any atom is 0.244 e. The molecule has 0 aromatic heterocycles. The molecule has 21 heavy (non-hydrogen) atoms. The number of hydrogen-bond acceptors (Lipinski definition) is 4. The molecule has 0 radical (unpaired) electrons. The second-order valence-electron chi connectivity index (χ2n) is 5.60. The van der Waals surface area contributed by atoms with Crippen LogP contribution in [0.5, 0.6) is 0 Å². The van der Waals surface area contributed by atoms with Gasteiger partial charge in [-0.1, -0.05) is 19.1 Å². The zero-order valence-electron chi connectivity index (χ0n) is 13.0. The summed E-state index contributed by atoms with van der Waals surface area (Å²) in [5.74, 6) is 0. The van der Waals surface area contributed by atoms with Gasteiger partial charge in [-0.2, -0.15) is 0 Å². The molecule has 2 rings (SSSR count). The molecule has 1 N–H and O–H groups in total. The van der Waals surface area contributed by atoms with Gasteiger partial charge in [-0.25, -0.2) is 12.7 Å². The SMILES string of the molecule is CCCN(c1ccccc1S(=O)(=O)N(C)C)C1CCNC1. The molecule has 0 saturated carbocycles. The third-order valence-electron chi connectivity index (χ3n) is 3.87. The molecule has 1 unspecified atom stereocenters. The largest absolute Gasteiger partial charge is 0.366 e. The Labute approximate surface area is 128 Å². The first-order valence-corrected chi connectivity index (χ1v) is 8.91. The topological polar surface area (TPSA) is 52.7 Å². The van der Waals surface area contributed by atoms with Crippen molar-refractivity contribution in [2.45, 2.75) is 30.7 Å². The highest BCUT2D eigenvalue weighted by atomic mass is 32.2. The van der Waals surface area contributed by atoms with E-state index in [2.05, 4.69) is 17.1 Å². The Kier molecular flexibility index (Phi) is 5.24. The van der Waals surface area contributed by atoms with Crippen molar-refractivity contribution in [1.82, 2.24) is 9.62 Å². The second kappa shape index (κ2) is 6.77. The fourth-order valence-corrected chi connectivity index (χ4v) is 3.85. The molecule has 118 valence electrons. The molecule has 0 spiro atoms. The molecule has 1 heterocycles. The molecule has 6 heteroatoms. The molecular weight excluding hydrogens is 286 g/mol. The summed E-state index contributed by atoms with van der Waals surface area (Å²) in [5.41, 5.74) is 0.821. The standard InChI is InChI=1S/C15H25N3O2S/c1-4-11-18(13-9-10-16-12-13)14-7-5-6-8-15(14)21(19,20)17(2)3/h5-8,13,16H,4,9-12H2,1-3H3. The normalized spacial score (nSPS) is 19.1. The zero-order valence-corrected chi connectivity index (χ0v) is 13.9.